The lowest BCUT2D eigenvalue weighted by Gasteiger charge is -2.44. The Morgan fingerprint density at radius 3 is 1.29 bits per heavy atom. The van der Waals surface area contributed by atoms with E-state index >= 15 is 0 Å². The van der Waals surface area contributed by atoms with Gasteiger partial charge in [-0.1, -0.05) is 20.8 Å². The lowest BCUT2D eigenvalue weighted by atomic mass is 9.83. The first kappa shape index (κ1) is 21.8. The minimum Gasteiger partial charge on any atom is -0.396 e. The van der Waals surface area contributed by atoms with E-state index in [4.69, 9.17) is 29.5 Å². The summed E-state index contributed by atoms with van der Waals surface area (Å²) in [4.78, 5) is 0. The molecule has 2 fully saturated rings. The maximum absolute atomic E-state index is 8.66. The first-order valence-corrected chi connectivity index (χ1v) is 9.04. The molecule has 2 heterocycles. The van der Waals surface area contributed by atoms with Gasteiger partial charge in [-0.25, -0.2) is 0 Å². The summed E-state index contributed by atoms with van der Waals surface area (Å²) in [6.07, 6.45) is 2.90. The molecule has 0 radical (unpaired) electrons. The van der Waals surface area contributed by atoms with E-state index < -0.39 is 5.41 Å². The zero-order chi connectivity index (χ0) is 18.1. The Bertz CT molecular complexity index is 284. The van der Waals surface area contributed by atoms with Crippen LogP contribution in [-0.2, 0) is 14.2 Å². The second-order valence-corrected chi connectivity index (χ2v) is 7.51. The molecule has 144 valence electrons. The van der Waals surface area contributed by atoms with Gasteiger partial charge in [-0.2, -0.15) is 0 Å². The third kappa shape index (κ3) is 5.38. The Kier molecular flexibility index (Phi) is 9.12. The van der Waals surface area contributed by atoms with E-state index in [9.17, 15) is 0 Å². The molecule has 0 aliphatic carbocycles. The fourth-order valence-corrected chi connectivity index (χ4v) is 2.53. The Hall–Kier alpha value is -0.240. The standard InChI is InChI=1S/C12H22O3.C6H14O3/c1-3-11(5-13-6-11)9-15-10-12(4-2)7-14-8-12;1-2-6(3-7,4-8)5-9/h3-10H2,1-2H3;7-9H,2-5H2,1H3. The van der Waals surface area contributed by atoms with Gasteiger partial charge in [-0.05, 0) is 19.3 Å². The van der Waals surface area contributed by atoms with Gasteiger partial charge in [0.15, 0.2) is 0 Å². The molecule has 0 amide bonds. The van der Waals surface area contributed by atoms with Gasteiger partial charge in [0.1, 0.15) is 0 Å². The van der Waals surface area contributed by atoms with E-state index in [2.05, 4.69) is 13.8 Å². The molecule has 0 bridgehead atoms. The van der Waals surface area contributed by atoms with E-state index in [-0.39, 0.29) is 19.8 Å². The quantitative estimate of drug-likeness (QED) is 0.550. The number of hydrogen-bond donors (Lipinski definition) is 3. The number of ether oxygens (including phenoxy) is 3. The summed E-state index contributed by atoms with van der Waals surface area (Å²) < 4.78 is 16.4. The normalized spacial score (nSPS) is 21.2. The average molecular weight is 348 g/mol. The van der Waals surface area contributed by atoms with Crippen LogP contribution in [0.3, 0.4) is 0 Å². The third-order valence-electron chi connectivity index (χ3n) is 5.71. The molecule has 6 nitrogen and oxygen atoms in total. The van der Waals surface area contributed by atoms with Gasteiger partial charge >= 0.3 is 0 Å². The SMILES string of the molecule is CCC(CO)(CO)CO.CCC1(COCC2(CC)COC2)COC1. The highest BCUT2D eigenvalue weighted by Crippen LogP contribution is 2.35. The van der Waals surface area contributed by atoms with Crippen molar-refractivity contribution in [3.05, 3.63) is 0 Å². The second kappa shape index (κ2) is 10.0. The predicted molar refractivity (Wildman–Crippen MR) is 91.9 cm³/mol. The Morgan fingerprint density at radius 2 is 1.17 bits per heavy atom. The largest absolute Gasteiger partial charge is 0.396 e. The van der Waals surface area contributed by atoms with Crippen LogP contribution in [0.1, 0.15) is 40.0 Å². The first-order chi connectivity index (χ1) is 11.5. The molecule has 0 aromatic heterocycles. The van der Waals surface area contributed by atoms with Crippen molar-refractivity contribution in [2.75, 3.05) is 59.5 Å². The third-order valence-corrected chi connectivity index (χ3v) is 5.71. The summed E-state index contributed by atoms with van der Waals surface area (Å²) in [6, 6.07) is 0. The summed E-state index contributed by atoms with van der Waals surface area (Å²) in [5.74, 6) is 0. The van der Waals surface area contributed by atoms with Gasteiger partial charge in [0.05, 0.1) is 59.5 Å². The van der Waals surface area contributed by atoms with Crippen molar-refractivity contribution in [3.8, 4) is 0 Å². The lowest BCUT2D eigenvalue weighted by Crippen LogP contribution is -2.49. The molecule has 24 heavy (non-hydrogen) atoms. The molecule has 2 rings (SSSR count). The van der Waals surface area contributed by atoms with Crippen LogP contribution in [0.5, 0.6) is 0 Å². The molecule has 0 saturated carbocycles. The summed E-state index contributed by atoms with van der Waals surface area (Å²) in [5.41, 5.74) is -0.0287. The van der Waals surface area contributed by atoms with Crippen LogP contribution in [0.4, 0.5) is 0 Å². The summed E-state index contributed by atoms with van der Waals surface area (Å²) in [5, 5.41) is 26.0. The van der Waals surface area contributed by atoms with Crippen molar-refractivity contribution in [1.29, 1.82) is 0 Å². The molecule has 0 spiro atoms. The van der Waals surface area contributed by atoms with E-state index in [1.165, 1.54) is 0 Å². The zero-order valence-corrected chi connectivity index (χ0v) is 15.6. The van der Waals surface area contributed by atoms with E-state index in [1.807, 2.05) is 6.92 Å². The minimum atomic E-state index is -0.667. The van der Waals surface area contributed by atoms with Crippen LogP contribution in [0, 0.1) is 16.2 Å². The maximum Gasteiger partial charge on any atom is 0.0566 e. The summed E-state index contributed by atoms with van der Waals surface area (Å²) >= 11 is 0. The molecule has 0 aromatic carbocycles. The van der Waals surface area contributed by atoms with E-state index in [0.717, 1.165) is 52.5 Å². The highest BCUT2D eigenvalue weighted by molar-refractivity contribution is 4.87. The predicted octanol–water partition coefficient (Wildman–Crippen LogP) is 1.22. The van der Waals surface area contributed by atoms with Crippen LogP contribution < -0.4 is 0 Å². The number of hydrogen-bond acceptors (Lipinski definition) is 6. The highest BCUT2D eigenvalue weighted by atomic mass is 16.5. The van der Waals surface area contributed by atoms with Crippen molar-refractivity contribution in [3.63, 3.8) is 0 Å². The minimum absolute atomic E-state index is 0.156. The Labute approximate surface area is 146 Å². The van der Waals surface area contributed by atoms with Crippen molar-refractivity contribution < 1.29 is 29.5 Å². The van der Waals surface area contributed by atoms with Crippen LogP contribution >= 0.6 is 0 Å². The second-order valence-electron chi connectivity index (χ2n) is 7.51. The molecule has 6 heteroatoms. The van der Waals surface area contributed by atoms with Crippen molar-refractivity contribution >= 4 is 0 Å². The van der Waals surface area contributed by atoms with Gasteiger partial charge in [0.2, 0.25) is 0 Å². The van der Waals surface area contributed by atoms with Crippen LogP contribution in [0.25, 0.3) is 0 Å². The van der Waals surface area contributed by atoms with Gasteiger partial charge < -0.3 is 29.5 Å². The summed E-state index contributed by atoms with van der Waals surface area (Å²) in [6.45, 7) is 11.0. The van der Waals surface area contributed by atoms with E-state index in [0.29, 0.717) is 17.3 Å². The monoisotopic (exact) mass is 348 g/mol. The smallest absolute Gasteiger partial charge is 0.0566 e. The number of rotatable bonds is 10. The number of aliphatic hydroxyl groups is 3. The number of aliphatic hydroxyl groups excluding tert-OH is 3. The Balaban J connectivity index is 0.000000277. The van der Waals surface area contributed by atoms with Crippen molar-refractivity contribution in [2.45, 2.75) is 40.0 Å². The molecule has 0 aromatic rings. The molecule has 3 N–H and O–H groups in total. The Morgan fingerprint density at radius 1 is 0.792 bits per heavy atom. The van der Waals surface area contributed by atoms with Gasteiger partial charge in [-0.15, -0.1) is 0 Å². The summed E-state index contributed by atoms with van der Waals surface area (Å²) in [7, 11) is 0. The lowest BCUT2D eigenvalue weighted by molar-refractivity contribution is -0.187. The molecule has 2 aliphatic rings. The van der Waals surface area contributed by atoms with Gasteiger partial charge in [0.25, 0.3) is 0 Å². The molecule has 0 unspecified atom stereocenters. The van der Waals surface area contributed by atoms with Crippen LogP contribution in [0.2, 0.25) is 0 Å². The maximum atomic E-state index is 8.66. The molecule has 0 atom stereocenters. The fraction of sp³-hybridized carbons (Fsp3) is 1.00. The van der Waals surface area contributed by atoms with Crippen LogP contribution in [0.15, 0.2) is 0 Å². The molecular formula is C18H36O6. The molecule has 2 aliphatic heterocycles. The van der Waals surface area contributed by atoms with Crippen molar-refractivity contribution in [1.82, 2.24) is 0 Å². The average Bonchev–Trinajstić information content (AvgIpc) is 2.56. The van der Waals surface area contributed by atoms with Crippen molar-refractivity contribution in [2.24, 2.45) is 16.2 Å². The molecule has 2 saturated heterocycles. The zero-order valence-electron chi connectivity index (χ0n) is 15.6. The molecular weight excluding hydrogens is 312 g/mol. The van der Waals surface area contributed by atoms with Crippen LogP contribution in [-0.4, -0.2) is 74.8 Å². The van der Waals surface area contributed by atoms with Gasteiger partial charge in [-0.3, -0.25) is 0 Å². The van der Waals surface area contributed by atoms with Gasteiger partial charge in [0, 0.05) is 16.2 Å². The fourth-order valence-electron chi connectivity index (χ4n) is 2.53. The van der Waals surface area contributed by atoms with E-state index in [1.54, 1.807) is 0 Å². The first-order valence-electron chi connectivity index (χ1n) is 9.04. The highest BCUT2D eigenvalue weighted by Gasteiger charge is 2.40. The topological polar surface area (TPSA) is 88.4 Å².